The van der Waals surface area contributed by atoms with Crippen LogP contribution in [0.25, 0.3) is 0 Å². The number of carbonyl (C=O) groups excluding carboxylic acids is 1. The molecule has 0 spiro atoms. The molecular weight excluding hydrogens is 281 g/mol. The van der Waals surface area contributed by atoms with Gasteiger partial charge >= 0.3 is 0 Å². The van der Waals surface area contributed by atoms with Crippen LogP contribution in [0, 0.1) is 5.82 Å². The molecule has 4 nitrogen and oxygen atoms in total. The molecule has 1 aliphatic rings. The first-order chi connectivity index (χ1) is 8.39. The van der Waals surface area contributed by atoms with Crippen LogP contribution in [0.2, 0.25) is 0 Å². The van der Waals surface area contributed by atoms with E-state index in [9.17, 15) is 17.6 Å². The number of nitrogens with one attached hydrogen (secondary N) is 1. The van der Waals surface area contributed by atoms with Crippen molar-refractivity contribution in [1.29, 1.82) is 0 Å². The van der Waals surface area contributed by atoms with E-state index in [0.29, 0.717) is 0 Å². The van der Waals surface area contributed by atoms with Crippen molar-refractivity contribution in [3.8, 4) is 0 Å². The van der Waals surface area contributed by atoms with Gasteiger partial charge in [-0.1, -0.05) is 12.1 Å². The molecule has 1 saturated heterocycles. The van der Waals surface area contributed by atoms with Crippen LogP contribution >= 0.6 is 11.6 Å². The van der Waals surface area contributed by atoms with Crippen molar-refractivity contribution in [3.05, 3.63) is 35.6 Å². The molecule has 1 N–H and O–H groups in total. The lowest BCUT2D eigenvalue weighted by Crippen LogP contribution is -2.40. The standard InChI is InChI=1S/C11H11ClFNO3S/c12-8-5-18(16,17)6-10(8)14-11(15)7-3-1-2-4-9(7)13/h1-4,8,10H,5-6H2,(H,14,15). The van der Waals surface area contributed by atoms with Crippen LogP contribution in [0.1, 0.15) is 10.4 Å². The molecule has 1 fully saturated rings. The summed E-state index contributed by atoms with van der Waals surface area (Å²) >= 11 is 5.85. The Bertz CT molecular complexity index is 575. The van der Waals surface area contributed by atoms with Crippen LogP contribution in [0.15, 0.2) is 24.3 Å². The first kappa shape index (κ1) is 13.3. The number of alkyl halides is 1. The van der Waals surface area contributed by atoms with E-state index in [4.69, 9.17) is 11.6 Å². The number of hydrogen-bond donors (Lipinski definition) is 1. The molecule has 1 aromatic carbocycles. The zero-order chi connectivity index (χ0) is 13.3. The Labute approximate surface area is 109 Å². The Morgan fingerprint density at radius 2 is 2.00 bits per heavy atom. The molecule has 1 amide bonds. The van der Waals surface area contributed by atoms with Crippen molar-refractivity contribution in [2.24, 2.45) is 0 Å². The second-order valence-electron chi connectivity index (χ2n) is 4.15. The number of rotatable bonds is 2. The fourth-order valence-electron chi connectivity index (χ4n) is 1.83. The summed E-state index contributed by atoms with van der Waals surface area (Å²) in [5.74, 6) is -1.68. The maximum atomic E-state index is 13.4. The first-order valence-electron chi connectivity index (χ1n) is 5.29. The van der Waals surface area contributed by atoms with Crippen molar-refractivity contribution in [3.63, 3.8) is 0 Å². The third kappa shape index (κ3) is 2.81. The van der Waals surface area contributed by atoms with Gasteiger partial charge in [0.05, 0.1) is 28.5 Å². The smallest absolute Gasteiger partial charge is 0.254 e. The summed E-state index contributed by atoms with van der Waals surface area (Å²) in [4.78, 5) is 11.8. The van der Waals surface area contributed by atoms with Gasteiger partial charge in [0.25, 0.3) is 5.91 Å². The van der Waals surface area contributed by atoms with Gasteiger partial charge in [0.2, 0.25) is 0 Å². The molecular formula is C11H11ClFNO3S. The van der Waals surface area contributed by atoms with E-state index < -0.39 is 33.0 Å². The number of carbonyl (C=O) groups is 1. The van der Waals surface area contributed by atoms with Gasteiger partial charge in [-0.2, -0.15) is 0 Å². The van der Waals surface area contributed by atoms with Crippen LogP contribution in [0.3, 0.4) is 0 Å². The fraction of sp³-hybridized carbons (Fsp3) is 0.364. The first-order valence-corrected chi connectivity index (χ1v) is 7.55. The van der Waals surface area contributed by atoms with Crippen molar-refractivity contribution >= 4 is 27.3 Å². The van der Waals surface area contributed by atoms with Gasteiger partial charge in [0, 0.05) is 0 Å². The summed E-state index contributed by atoms with van der Waals surface area (Å²) in [5.41, 5.74) is -0.120. The summed E-state index contributed by atoms with van der Waals surface area (Å²) in [6, 6.07) is 4.82. The quantitative estimate of drug-likeness (QED) is 0.826. The molecule has 0 aliphatic carbocycles. The van der Waals surface area contributed by atoms with Gasteiger partial charge < -0.3 is 5.32 Å². The van der Waals surface area contributed by atoms with Crippen LogP contribution in [0.5, 0.6) is 0 Å². The summed E-state index contributed by atoms with van der Waals surface area (Å²) in [5, 5.41) is 1.78. The van der Waals surface area contributed by atoms with Gasteiger partial charge in [-0.05, 0) is 12.1 Å². The van der Waals surface area contributed by atoms with Crippen molar-refractivity contribution in [2.45, 2.75) is 11.4 Å². The molecule has 1 aromatic rings. The van der Waals surface area contributed by atoms with Gasteiger partial charge in [0.15, 0.2) is 9.84 Å². The zero-order valence-corrected chi connectivity index (χ0v) is 10.8. The van der Waals surface area contributed by atoms with Crippen molar-refractivity contribution in [2.75, 3.05) is 11.5 Å². The third-order valence-corrected chi connectivity index (χ3v) is 5.09. The number of benzene rings is 1. The van der Waals surface area contributed by atoms with E-state index in [1.54, 1.807) is 0 Å². The normalized spacial score (nSPS) is 25.9. The minimum Gasteiger partial charge on any atom is -0.347 e. The van der Waals surface area contributed by atoms with Crippen LogP contribution < -0.4 is 5.32 Å². The second-order valence-corrected chi connectivity index (χ2v) is 6.87. The Morgan fingerprint density at radius 1 is 1.33 bits per heavy atom. The average molecular weight is 292 g/mol. The number of halogens is 2. The summed E-state index contributed by atoms with van der Waals surface area (Å²) < 4.78 is 36.0. The van der Waals surface area contributed by atoms with Crippen molar-refractivity contribution in [1.82, 2.24) is 5.32 Å². The van der Waals surface area contributed by atoms with Gasteiger partial charge in [0.1, 0.15) is 5.82 Å². The molecule has 18 heavy (non-hydrogen) atoms. The second kappa shape index (κ2) is 4.85. The monoisotopic (exact) mass is 291 g/mol. The highest BCUT2D eigenvalue weighted by Crippen LogP contribution is 2.18. The van der Waals surface area contributed by atoms with Crippen LogP contribution in [-0.2, 0) is 9.84 Å². The predicted octanol–water partition coefficient (Wildman–Crippen LogP) is 0.960. The molecule has 0 aromatic heterocycles. The van der Waals surface area contributed by atoms with E-state index in [1.807, 2.05) is 0 Å². The van der Waals surface area contributed by atoms with E-state index in [1.165, 1.54) is 24.3 Å². The lowest BCUT2D eigenvalue weighted by Gasteiger charge is -2.14. The molecule has 98 valence electrons. The van der Waals surface area contributed by atoms with Gasteiger partial charge in [-0.15, -0.1) is 11.6 Å². The highest BCUT2D eigenvalue weighted by atomic mass is 35.5. The van der Waals surface area contributed by atoms with Crippen LogP contribution in [0.4, 0.5) is 4.39 Å². The molecule has 7 heteroatoms. The average Bonchev–Trinajstić information content (AvgIpc) is 2.52. The Balaban J connectivity index is 2.12. The predicted molar refractivity (Wildman–Crippen MR) is 65.9 cm³/mol. The highest BCUT2D eigenvalue weighted by molar-refractivity contribution is 7.91. The maximum absolute atomic E-state index is 13.4. The van der Waals surface area contributed by atoms with E-state index >= 15 is 0 Å². The molecule has 0 radical (unpaired) electrons. The van der Waals surface area contributed by atoms with Crippen molar-refractivity contribution < 1.29 is 17.6 Å². The minimum atomic E-state index is -3.22. The minimum absolute atomic E-state index is 0.120. The zero-order valence-electron chi connectivity index (χ0n) is 9.27. The van der Waals surface area contributed by atoms with Gasteiger partial charge in [-0.3, -0.25) is 4.79 Å². The molecule has 2 rings (SSSR count). The fourth-order valence-corrected chi connectivity index (χ4v) is 4.38. The summed E-state index contributed by atoms with van der Waals surface area (Å²) in [6.45, 7) is 0. The largest absolute Gasteiger partial charge is 0.347 e. The molecule has 1 aliphatic heterocycles. The van der Waals surface area contributed by atoms with E-state index in [0.717, 1.165) is 0 Å². The van der Waals surface area contributed by atoms with Crippen LogP contribution in [-0.4, -0.2) is 37.2 Å². The highest BCUT2D eigenvalue weighted by Gasteiger charge is 2.37. The Morgan fingerprint density at radius 3 is 2.56 bits per heavy atom. The lowest BCUT2D eigenvalue weighted by molar-refractivity contribution is 0.0937. The molecule has 0 saturated carbocycles. The molecule has 0 bridgehead atoms. The number of hydrogen-bond acceptors (Lipinski definition) is 3. The molecule has 2 unspecified atom stereocenters. The number of sulfone groups is 1. The maximum Gasteiger partial charge on any atom is 0.254 e. The lowest BCUT2D eigenvalue weighted by atomic mass is 10.1. The van der Waals surface area contributed by atoms with E-state index in [2.05, 4.69) is 5.32 Å². The van der Waals surface area contributed by atoms with E-state index in [-0.39, 0.29) is 17.1 Å². The SMILES string of the molecule is O=C(NC1CS(=O)(=O)CC1Cl)c1ccccc1F. The Kier molecular flexibility index (Phi) is 3.59. The topological polar surface area (TPSA) is 63.2 Å². The Hall–Kier alpha value is -1.14. The summed E-state index contributed by atoms with van der Waals surface area (Å²) in [7, 11) is -3.22. The summed E-state index contributed by atoms with van der Waals surface area (Å²) in [6.07, 6.45) is 0. The third-order valence-electron chi connectivity index (χ3n) is 2.72. The van der Waals surface area contributed by atoms with Gasteiger partial charge in [-0.25, -0.2) is 12.8 Å². The molecule has 2 atom stereocenters. The molecule has 1 heterocycles. The number of amides is 1.